The Labute approximate surface area is 155 Å². The highest BCUT2D eigenvalue weighted by Gasteiger charge is 1.93. The Morgan fingerprint density at radius 1 is 0.478 bits per heavy atom. The van der Waals surface area contributed by atoms with E-state index in [2.05, 4.69) is 20.8 Å². The van der Waals surface area contributed by atoms with Crippen molar-refractivity contribution < 1.29 is 0 Å². The maximum absolute atomic E-state index is 5.38. The van der Waals surface area contributed by atoms with E-state index in [-0.39, 0.29) is 0 Å². The molecule has 0 aromatic rings. The number of halogens is 1. The highest BCUT2D eigenvalue weighted by molar-refractivity contribution is 7.37. The van der Waals surface area contributed by atoms with E-state index >= 15 is 0 Å². The first-order valence-corrected chi connectivity index (χ1v) is 12.5. The summed E-state index contributed by atoms with van der Waals surface area (Å²) >= 11 is 5.38. The van der Waals surface area contributed by atoms with Gasteiger partial charge in [0.2, 0.25) is 0 Å². The molecule has 0 spiro atoms. The van der Waals surface area contributed by atoms with Crippen molar-refractivity contribution in [1.29, 1.82) is 0 Å². The second-order valence-electron chi connectivity index (χ2n) is 6.68. The second kappa shape index (κ2) is 27.6. The summed E-state index contributed by atoms with van der Waals surface area (Å²) in [5, 5.41) is 0. The summed E-state index contributed by atoms with van der Waals surface area (Å²) in [6.07, 6.45) is 24.3. The minimum absolute atomic E-state index is 0.827. The largest absolute Gasteiger partial charge is 0.127 e. The fourth-order valence-electron chi connectivity index (χ4n) is 2.53. The molecule has 2 heteroatoms. The fourth-order valence-corrected chi connectivity index (χ4v) is 3.97. The third-order valence-corrected chi connectivity index (χ3v) is 5.83. The SMILES string of the molecule is CCCCCCCCPCCCCCCCC.CCCCCCl. The first-order valence-electron chi connectivity index (χ1n) is 10.6. The van der Waals surface area contributed by atoms with Gasteiger partial charge in [0.25, 0.3) is 0 Å². The summed E-state index contributed by atoms with van der Waals surface area (Å²) in [6.45, 7) is 6.76. The molecule has 0 unspecified atom stereocenters. The Morgan fingerprint density at radius 3 is 1.17 bits per heavy atom. The van der Waals surface area contributed by atoms with Gasteiger partial charge in [-0.05, 0) is 31.6 Å². The Hall–Kier alpha value is 0.720. The number of unbranched alkanes of at least 4 members (excludes halogenated alkanes) is 12. The van der Waals surface area contributed by atoms with E-state index in [1.54, 1.807) is 0 Å². The lowest BCUT2D eigenvalue weighted by molar-refractivity contribution is 0.623. The van der Waals surface area contributed by atoms with Gasteiger partial charge in [0.1, 0.15) is 0 Å². The lowest BCUT2D eigenvalue weighted by Crippen LogP contribution is -1.84. The average molecular weight is 365 g/mol. The van der Waals surface area contributed by atoms with Crippen LogP contribution in [0, 0.1) is 0 Å². The Bertz CT molecular complexity index is 155. The first-order chi connectivity index (χ1) is 11.3. The van der Waals surface area contributed by atoms with Crippen LogP contribution in [0.15, 0.2) is 0 Å². The third kappa shape index (κ3) is 31.1. The zero-order valence-electron chi connectivity index (χ0n) is 16.6. The molecule has 0 saturated heterocycles. The molecule has 0 atom stereocenters. The average Bonchev–Trinajstić information content (AvgIpc) is 2.58. The monoisotopic (exact) mass is 364 g/mol. The summed E-state index contributed by atoms with van der Waals surface area (Å²) in [6, 6.07) is 0. The highest BCUT2D eigenvalue weighted by atomic mass is 35.5. The van der Waals surface area contributed by atoms with Gasteiger partial charge in [0.15, 0.2) is 0 Å². The van der Waals surface area contributed by atoms with Crippen molar-refractivity contribution >= 4 is 20.2 Å². The van der Waals surface area contributed by atoms with Crippen molar-refractivity contribution in [3.63, 3.8) is 0 Å². The van der Waals surface area contributed by atoms with Crippen LogP contribution in [0.4, 0.5) is 0 Å². The van der Waals surface area contributed by atoms with E-state index in [1.165, 1.54) is 117 Å². The van der Waals surface area contributed by atoms with E-state index in [4.69, 9.17) is 11.6 Å². The van der Waals surface area contributed by atoms with Crippen LogP contribution in [-0.4, -0.2) is 18.2 Å². The quantitative estimate of drug-likeness (QED) is 0.137. The van der Waals surface area contributed by atoms with Crippen molar-refractivity contribution in [3.05, 3.63) is 0 Å². The van der Waals surface area contributed by atoms with Crippen LogP contribution in [0.5, 0.6) is 0 Å². The van der Waals surface area contributed by atoms with Gasteiger partial charge < -0.3 is 0 Å². The molecule has 0 aromatic heterocycles. The zero-order valence-corrected chi connectivity index (χ0v) is 18.4. The van der Waals surface area contributed by atoms with Crippen LogP contribution in [0.1, 0.15) is 117 Å². The normalized spacial score (nSPS) is 10.4. The molecule has 0 bridgehead atoms. The Kier molecular flexibility index (Phi) is 31.1. The van der Waals surface area contributed by atoms with Crippen molar-refractivity contribution in [2.75, 3.05) is 18.2 Å². The van der Waals surface area contributed by atoms with Gasteiger partial charge >= 0.3 is 0 Å². The van der Waals surface area contributed by atoms with Crippen LogP contribution < -0.4 is 0 Å². The van der Waals surface area contributed by atoms with Gasteiger partial charge in [-0.1, -0.05) is 97.8 Å². The molecule has 0 heterocycles. The van der Waals surface area contributed by atoms with E-state index in [0.29, 0.717) is 0 Å². The van der Waals surface area contributed by atoms with Crippen LogP contribution in [0.3, 0.4) is 0 Å². The van der Waals surface area contributed by atoms with Gasteiger partial charge in [-0.3, -0.25) is 0 Å². The van der Waals surface area contributed by atoms with Crippen LogP contribution in [0.25, 0.3) is 0 Å². The third-order valence-electron chi connectivity index (χ3n) is 4.15. The summed E-state index contributed by atoms with van der Waals surface area (Å²) in [5.41, 5.74) is 0. The summed E-state index contributed by atoms with van der Waals surface area (Å²) in [7, 11) is 1.26. The van der Waals surface area contributed by atoms with Crippen molar-refractivity contribution in [2.45, 2.75) is 117 Å². The number of hydrogen-bond acceptors (Lipinski definition) is 0. The van der Waals surface area contributed by atoms with Crippen LogP contribution >= 0.6 is 20.2 Å². The van der Waals surface area contributed by atoms with E-state index in [0.717, 1.165) is 5.88 Å². The second-order valence-corrected chi connectivity index (χ2v) is 8.56. The summed E-state index contributed by atoms with van der Waals surface area (Å²) in [5.74, 6) is 0.827. The Morgan fingerprint density at radius 2 is 0.826 bits per heavy atom. The van der Waals surface area contributed by atoms with Crippen LogP contribution in [-0.2, 0) is 0 Å². The molecule has 0 N–H and O–H groups in total. The smallest absolute Gasteiger partial charge is 0.0223 e. The molecule has 0 aliphatic rings. The summed E-state index contributed by atoms with van der Waals surface area (Å²) < 4.78 is 0. The number of hydrogen-bond donors (Lipinski definition) is 0. The Balaban J connectivity index is 0. The van der Waals surface area contributed by atoms with E-state index in [1.807, 2.05) is 0 Å². The summed E-state index contributed by atoms with van der Waals surface area (Å²) in [4.78, 5) is 0. The molecule has 142 valence electrons. The standard InChI is InChI=1S/C16H35P.C5H11Cl/c1-3-5-7-9-11-13-15-17-16-14-12-10-8-6-4-2;1-2-3-4-5-6/h17H,3-16H2,1-2H3;2-5H2,1H3. The predicted octanol–water partition coefficient (Wildman–Crippen LogP) is 8.80. The van der Waals surface area contributed by atoms with Gasteiger partial charge in [-0.25, -0.2) is 0 Å². The minimum atomic E-state index is 0.827. The number of rotatable bonds is 17. The minimum Gasteiger partial charge on any atom is -0.127 e. The molecule has 23 heavy (non-hydrogen) atoms. The lowest BCUT2D eigenvalue weighted by Gasteiger charge is -2.03. The maximum Gasteiger partial charge on any atom is 0.0223 e. The topological polar surface area (TPSA) is 0 Å². The lowest BCUT2D eigenvalue weighted by atomic mass is 10.1. The van der Waals surface area contributed by atoms with Crippen molar-refractivity contribution in [2.24, 2.45) is 0 Å². The fraction of sp³-hybridized carbons (Fsp3) is 1.00. The van der Waals surface area contributed by atoms with Crippen molar-refractivity contribution in [3.8, 4) is 0 Å². The molecule has 0 amide bonds. The molecular formula is C21H46ClP. The molecule has 0 aliphatic heterocycles. The molecule has 0 saturated carbocycles. The van der Waals surface area contributed by atoms with Gasteiger partial charge in [-0.15, -0.1) is 20.2 Å². The van der Waals surface area contributed by atoms with Gasteiger partial charge in [0, 0.05) is 5.88 Å². The molecule has 0 rings (SSSR count). The van der Waals surface area contributed by atoms with Gasteiger partial charge in [-0.2, -0.15) is 0 Å². The zero-order chi connectivity index (χ0) is 17.4. The first kappa shape index (κ1) is 26.0. The molecule has 0 nitrogen and oxygen atoms in total. The molecular weight excluding hydrogens is 319 g/mol. The number of alkyl halides is 1. The molecule has 0 aromatic carbocycles. The predicted molar refractivity (Wildman–Crippen MR) is 115 cm³/mol. The maximum atomic E-state index is 5.38. The van der Waals surface area contributed by atoms with E-state index < -0.39 is 0 Å². The molecule has 0 radical (unpaired) electrons. The highest BCUT2D eigenvalue weighted by Crippen LogP contribution is 2.17. The van der Waals surface area contributed by atoms with Crippen LogP contribution in [0.2, 0.25) is 0 Å². The van der Waals surface area contributed by atoms with E-state index in [9.17, 15) is 0 Å². The van der Waals surface area contributed by atoms with Crippen molar-refractivity contribution in [1.82, 2.24) is 0 Å². The van der Waals surface area contributed by atoms with Gasteiger partial charge in [0.05, 0.1) is 0 Å². The molecule has 0 aliphatic carbocycles. The molecule has 0 fully saturated rings.